The van der Waals surface area contributed by atoms with Crippen LogP contribution in [0.4, 0.5) is 0 Å². The van der Waals surface area contributed by atoms with Crippen molar-refractivity contribution in [2.24, 2.45) is 0 Å². The van der Waals surface area contributed by atoms with E-state index in [-0.39, 0.29) is 11.9 Å². The highest BCUT2D eigenvalue weighted by Gasteiger charge is 2.14. The second-order valence-corrected chi connectivity index (χ2v) is 6.87. The standard InChI is InChI=1S/C22H27NO/c1-3-17-8-10-18(11-9-17)14-22(24)23-16(2)20-13-12-19-6-4-5-7-21(19)15-20/h8-13,15-16H,3-7,14H2,1-2H3,(H,23,24)/t16-/m1/s1. The highest BCUT2D eigenvalue weighted by Crippen LogP contribution is 2.24. The minimum atomic E-state index is 0.0552. The molecule has 0 saturated carbocycles. The normalized spacial score (nSPS) is 14.8. The van der Waals surface area contributed by atoms with Gasteiger partial charge in [0.2, 0.25) is 5.91 Å². The maximum atomic E-state index is 12.3. The molecule has 24 heavy (non-hydrogen) atoms. The average Bonchev–Trinajstić information content (AvgIpc) is 2.61. The molecule has 2 aromatic carbocycles. The van der Waals surface area contributed by atoms with Crippen LogP contribution in [0.3, 0.4) is 0 Å². The molecule has 126 valence electrons. The predicted octanol–water partition coefficient (Wildman–Crippen LogP) is 4.55. The van der Waals surface area contributed by atoms with Crippen molar-refractivity contribution in [1.29, 1.82) is 0 Å². The minimum Gasteiger partial charge on any atom is -0.349 e. The van der Waals surface area contributed by atoms with Crippen LogP contribution >= 0.6 is 0 Å². The Labute approximate surface area is 145 Å². The molecule has 2 aromatic rings. The van der Waals surface area contributed by atoms with E-state index in [2.05, 4.69) is 61.6 Å². The first-order valence-corrected chi connectivity index (χ1v) is 9.14. The molecule has 0 heterocycles. The van der Waals surface area contributed by atoms with Gasteiger partial charge in [0.15, 0.2) is 0 Å². The summed E-state index contributed by atoms with van der Waals surface area (Å²) in [4.78, 5) is 12.3. The van der Waals surface area contributed by atoms with Crippen LogP contribution in [0.5, 0.6) is 0 Å². The van der Waals surface area contributed by atoms with Gasteiger partial charge in [-0.1, -0.05) is 49.4 Å². The van der Waals surface area contributed by atoms with E-state index in [1.54, 1.807) is 0 Å². The molecular formula is C22H27NO. The molecule has 0 bridgehead atoms. The van der Waals surface area contributed by atoms with Crippen LogP contribution in [0, 0.1) is 0 Å². The second-order valence-electron chi connectivity index (χ2n) is 6.87. The molecule has 0 aromatic heterocycles. The van der Waals surface area contributed by atoms with Crippen molar-refractivity contribution in [3.05, 3.63) is 70.3 Å². The Morgan fingerprint density at radius 2 is 1.67 bits per heavy atom. The fourth-order valence-corrected chi connectivity index (χ4v) is 3.48. The number of nitrogens with one attached hydrogen (secondary N) is 1. The van der Waals surface area contributed by atoms with E-state index in [0.717, 1.165) is 12.0 Å². The zero-order valence-corrected chi connectivity index (χ0v) is 14.8. The van der Waals surface area contributed by atoms with Crippen LogP contribution in [0.2, 0.25) is 0 Å². The van der Waals surface area contributed by atoms with Gasteiger partial charge in [-0.05, 0) is 66.8 Å². The number of fused-ring (bicyclic) bond motifs is 1. The van der Waals surface area contributed by atoms with Gasteiger partial charge in [0.1, 0.15) is 0 Å². The lowest BCUT2D eigenvalue weighted by molar-refractivity contribution is -0.121. The summed E-state index contributed by atoms with van der Waals surface area (Å²) in [7, 11) is 0. The summed E-state index contributed by atoms with van der Waals surface area (Å²) in [6, 6.07) is 15.1. The number of carbonyl (C=O) groups is 1. The molecule has 0 unspecified atom stereocenters. The van der Waals surface area contributed by atoms with Crippen LogP contribution in [0.15, 0.2) is 42.5 Å². The quantitative estimate of drug-likeness (QED) is 0.860. The van der Waals surface area contributed by atoms with E-state index in [0.29, 0.717) is 6.42 Å². The van der Waals surface area contributed by atoms with Gasteiger partial charge in [-0.2, -0.15) is 0 Å². The average molecular weight is 321 g/mol. The van der Waals surface area contributed by atoms with Gasteiger partial charge in [0.25, 0.3) is 0 Å². The van der Waals surface area contributed by atoms with E-state index >= 15 is 0 Å². The van der Waals surface area contributed by atoms with Gasteiger partial charge >= 0.3 is 0 Å². The summed E-state index contributed by atoms with van der Waals surface area (Å²) >= 11 is 0. The summed E-state index contributed by atoms with van der Waals surface area (Å²) in [5, 5.41) is 3.14. The predicted molar refractivity (Wildman–Crippen MR) is 99.2 cm³/mol. The number of hydrogen-bond acceptors (Lipinski definition) is 1. The van der Waals surface area contributed by atoms with Gasteiger partial charge < -0.3 is 5.32 Å². The number of benzene rings is 2. The molecule has 3 rings (SSSR count). The molecule has 0 fully saturated rings. The molecular weight excluding hydrogens is 294 g/mol. The lowest BCUT2D eigenvalue weighted by Gasteiger charge is -2.20. The Morgan fingerprint density at radius 3 is 2.38 bits per heavy atom. The fraction of sp³-hybridized carbons (Fsp3) is 0.409. The molecule has 1 aliphatic rings. The first-order valence-electron chi connectivity index (χ1n) is 9.14. The third-order valence-corrected chi connectivity index (χ3v) is 5.05. The highest BCUT2D eigenvalue weighted by molar-refractivity contribution is 5.79. The summed E-state index contributed by atoms with van der Waals surface area (Å²) in [5.41, 5.74) is 6.55. The van der Waals surface area contributed by atoms with Crippen LogP contribution in [0.1, 0.15) is 60.5 Å². The van der Waals surface area contributed by atoms with E-state index in [1.165, 1.54) is 47.9 Å². The summed E-state index contributed by atoms with van der Waals surface area (Å²) in [6.07, 6.45) is 6.43. The Morgan fingerprint density at radius 1 is 1.00 bits per heavy atom. The van der Waals surface area contributed by atoms with Crippen molar-refractivity contribution in [1.82, 2.24) is 5.32 Å². The summed E-state index contributed by atoms with van der Waals surface area (Å²) < 4.78 is 0. The Bertz CT molecular complexity index is 702. The monoisotopic (exact) mass is 321 g/mol. The van der Waals surface area contributed by atoms with E-state index in [9.17, 15) is 4.79 Å². The Balaban J connectivity index is 1.61. The molecule has 0 saturated heterocycles. The van der Waals surface area contributed by atoms with E-state index in [1.807, 2.05) is 0 Å². The maximum Gasteiger partial charge on any atom is 0.224 e. The first kappa shape index (κ1) is 16.8. The van der Waals surface area contributed by atoms with E-state index < -0.39 is 0 Å². The third kappa shape index (κ3) is 4.05. The molecule has 1 atom stereocenters. The Hall–Kier alpha value is -2.09. The Kier molecular flexibility index (Phi) is 5.34. The number of aryl methyl sites for hydroxylation is 3. The number of rotatable bonds is 5. The van der Waals surface area contributed by atoms with Gasteiger partial charge in [0.05, 0.1) is 12.5 Å². The van der Waals surface area contributed by atoms with Crippen LogP contribution in [-0.2, 0) is 30.5 Å². The lowest BCUT2D eigenvalue weighted by atomic mass is 9.89. The zero-order valence-electron chi connectivity index (χ0n) is 14.8. The van der Waals surface area contributed by atoms with Crippen molar-refractivity contribution >= 4 is 5.91 Å². The summed E-state index contributed by atoms with van der Waals surface area (Å²) in [6.45, 7) is 4.21. The molecule has 0 aliphatic heterocycles. The van der Waals surface area contributed by atoms with Gasteiger partial charge in [-0.3, -0.25) is 4.79 Å². The van der Waals surface area contributed by atoms with Gasteiger partial charge in [0, 0.05) is 0 Å². The SMILES string of the molecule is CCc1ccc(CC(=O)N[C@H](C)c2ccc3c(c2)CCCC3)cc1. The third-order valence-electron chi connectivity index (χ3n) is 5.05. The highest BCUT2D eigenvalue weighted by atomic mass is 16.1. The van der Waals surface area contributed by atoms with Crippen LogP contribution in [-0.4, -0.2) is 5.91 Å². The second kappa shape index (κ2) is 7.65. The first-order chi connectivity index (χ1) is 11.7. The van der Waals surface area contributed by atoms with Crippen LogP contribution in [0.25, 0.3) is 0 Å². The number of hydrogen-bond donors (Lipinski definition) is 1. The molecule has 0 radical (unpaired) electrons. The summed E-state index contributed by atoms with van der Waals surface area (Å²) in [5.74, 6) is 0.0875. The van der Waals surface area contributed by atoms with Crippen LogP contribution < -0.4 is 5.32 Å². The number of carbonyl (C=O) groups excluding carboxylic acids is 1. The molecule has 1 amide bonds. The smallest absolute Gasteiger partial charge is 0.224 e. The van der Waals surface area contributed by atoms with Crippen molar-refractivity contribution in [2.45, 2.75) is 58.4 Å². The number of amides is 1. The molecule has 1 N–H and O–H groups in total. The van der Waals surface area contributed by atoms with Crippen molar-refractivity contribution in [3.8, 4) is 0 Å². The molecule has 1 aliphatic carbocycles. The maximum absolute atomic E-state index is 12.3. The van der Waals surface area contributed by atoms with Crippen molar-refractivity contribution in [3.63, 3.8) is 0 Å². The minimum absolute atomic E-state index is 0.0552. The fourth-order valence-electron chi connectivity index (χ4n) is 3.48. The van der Waals surface area contributed by atoms with E-state index in [4.69, 9.17) is 0 Å². The van der Waals surface area contributed by atoms with Crippen molar-refractivity contribution < 1.29 is 4.79 Å². The zero-order chi connectivity index (χ0) is 16.9. The van der Waals surface area contributed by atoms with Gasteiger partial charge in [-0.25, -0.2) is 0 Å². The molecule has 2 heteroatoms. The molecule has 0 spiro atoms. The topological polar surface area (TPSA) is 29.1 Å². The lowest BCUT2D eigenvalue weighted by Crippen LogP contribution is -2.28. The van der Waals surface area contributed by atoms with Gasteiger partial charge in [-0.15, -0.1) is 0 Å². The largest absolute Gasteiger partial charge is 0.349 e. The molecule has 2 nitrogen and oxygen atoms in total. The van der Waals surface area contributed by atoms with Crippen molar-refractivity contribution in [2.75, 3.05) is 0 Å².